The molecule has 1 saturated carbocycles. The zero-order valence-corrected chi connectivity index (χ0v) is 5.92. The van der Waals surface area contributed by atoms with Crippen molar-refractivity contribution in [1.82, 2.24) is 4.98 Å². The summed E-state index contributed by atoms with van der Waals surface area (Å²) in [7, 11) is 0. The van der Waals surface area contributed by atoms with Crippen LogP contribution >= 0.6 is 0 Å². The van der Waals surface area contributed by atoms with E-state index in [0.29, 0.717) is 0 Å². The van der Waals surface area contributed by atoms with Gasteiger partial charge in [-0.25, -0.2) is 4.98 Å². The van der Waals surface area contributed by atoms with Crippen LogP contribution in [0, 0.1) is 5.92 Å². The van der Waals surface area contributed by atoms with E-state index >= 15 is 0 Å². The average Bonchev–Trinajstić information content (AvgIpc) is 2.29. The molecule has 1 heterocycles. The summed E-state index contributed by atoms with van der Waals surface area (Å²) >= 11 is 0. The first-order chi connectivity index (χ1) is 4.95. The Labute approximate surface area is 60.3 Å². The molecular weight excluding hydrogens is 126 g/mol. The van der Waals surface area contributed by atoms with Gasteiger partial charge in [-0.05, 0) is 12.3 Å². The number of hydrogen-bond donors (Lipinski definition) is 0. The van der Waals surface area contributed by atoms with Gasteiger partial charge in [-0.3, -0.25) is 0 Å². The predicted molar refractivity (Wildman–Crippen MR) is 37.5 cm³/mol. The molecule has 2 nitrogen and oxygen atoms in total. The standard InChI is InChI=1S/C8H11NO/c1-2-7(3-1)4-8-5-10-6-9-8/h5-7H,1-4H2. The fourth-order valence-corrected chi connectivity index (χ4v) is 1.33. The Morgan fingerprint density at radius 2 is 2.50 bits per heavy atom. The third kappa shape index (κ3) is 1.06. The largest absolute Gasteiger partial charge is 0.451 e. The SMILES string of the molecule is c1nc(CC2CCC2)co1. The maximum Gasteiger partial charge on any atom is 0.180 e. The molecule has 54 valence electrons. The van der Waals surface area contributed by atoms with Crippen molar-refractivity contribution >= 4 is 0 Å². The Hall–Kier alpha value is -0.790. The van der Waals surface area contributed by atoms with E-state index in [1.807, 2.05) is 0 Å². The minimum Gasteiger partial charge on any atom is -0.451 e. The van der Waals surface area contributed by atoms with Crippen molar-refractivity contribution in [2.75, 3.05) is 0 Å². The first-order valence-corrected chi connectivity index (χ1v) is 3.82. The monoisotopic (exact) mass is 137 g/mol. The molecular formula is C8H11NO. The van der Waals surface area contributed by atoms with E-state index in [-0.39, 0.29) is 0 Å². The summed E-state index contributed by atoms with van der Waals surface area (Å²) < 4.78 is 4.87. The van der Waals surface area contributed by atoms with Crippen molar-refractivity contribution < 1.29 is 4.42 Å². The Morgan fingerprint density at radius 1 is 1.60 bits per heavy atom. The van der Waals surface area contributed by atoms with Gasteiger partial charge in [0, 0.05) is 0 Å². The van der Waals surface area contributed by atoms with Gasteiger partial charge in [0.25, 0.3) is 0 Å². The third-order valence-corrected chi connectivity index (χ3v) is 2.21. The Morgan fingerprint density at radius 3 is 3.00 bits per heavy atom. The van der Waals surface area contributed by atoms with Crippen LogP contribution in [0.1, 0.15) is 25.0 Å². The molecule has 0 saturated heterocycles. The van der Waals surface area contributed by atoms with E-state index in [1.165, 1.54) is 25.7 Å². The highest BCUT2D eigenvalue weighted by molar-refractivity contribution is 4.94. The molecule has 0 atom stereocenters. The fourth-order valence-electron chi connectivity index (χ4n) is 1.33. The minimum atomic E-state index is 0.894. The van der Waals surface area contributed by atoms with Gasteiger partial charge in [0.15, 0.2) is 6.39 Å². The molecule has 2 rings (SSSR count). The van der Waals surface area contributed by atoms with Crippen molar-refractivity contribution in [3.63, 3.8) is 0 Å². The first kappa shape index (κ1) is 5.96. The maximum absolute atomic E-state index is 4.87. The molecule has 0 unspecified atom stereocenters. The van der Waals surface area contributed by atoms with Crippen LogP contribution in [0.4, 0.5) is 0 Å². The number of oxazole rings is 1. The molecule has 0 amide bonds. The van der Waals surface area contributed by atoms with E-state index in [4.69, 9.17) is 4.42 Å². The minimum absolute atomic E-state index is 0.894. The lowest BCUT2D eigenvalue weighted by Crippen LogP contribution is -2.13. The van der Waals surface area contributed by atoms with Crippen LogP contribution in [0.25, 0.3) is 0 Å². The fraction of sp³-hybridized carbons (Fsp3) is 0.625. The highest BCUT2D eigenvalue weighted by Crippen LogP contribution is 2.28. The normalized spacial score (nSPS) is 18.8. The molecule has 0 bridgehead atoms. The van der Waals surface area contributed by atoms with Crippen LogP contribution < -0.4 is 0 Å². The molecule has 10 heavy (non-hydrogen) atoms. The topological polar surface area (TPSA) is 26.0 Å². The van der Waals surface area contributed by atoms with Crippen LogP contribution in [0.3, 0.4) is 0 Å². The van der Waals surface area contributed by atoms with E-state index in [1.54, 1.807) is 6.26 Å². The molecule has 0 N–H and O–H groups in total. The lowest BCUT2D eigenvalue weighted by Gasteiger charge is -2.23. The lowest BCUT2D eigenvalue weighted by atomic mass is 9.82. The van der Waals surface area contributed by atoms with Crippen LogP contribution in [-0.2, 0) is 6.42 Å². The van der Waals surface area contributed by atoms with Gasteiger partial charge < -0.3 is 4.42 Å². The quantitative estimate of drug-likeness (QED) is 0.623. The van der Waals surface area contributed by atoms with Crippen LogP contribution in [0.15, 0.2) is 17.1 Å². The van der Waals surface area contributed by atoms with Gasteiger partial charge in [0.1, 0.15) is 6.26 Å². The van der Waals surface area contributed by atoms with Crippen LogP contribution in [-0.4, -0.2) is 4.98 Å². The second kappa shape index (κ2) is 2.45. The molecule has 1 fully saturated rings. The number of rotatable bonds is 2. The van der Waals surface area contributed by atoms with E-state index < -0.39 is 0 Å². The average molecular weight is 137 g/mol. The Balaban J connectivity index is 1.90. The van der Waals surface area contributed by atoms with Crippen LogP contribution in [0.2, 0.25) is 0 Å². The number of aromatic nitrogens is 1. The zero-order valence-electron chi connectivity index (χ0n) is 5.92. The molecule has 1 aromatic rings. The second-order valence-electron chi connectivity index (χ2n) is 2.98. The first-order valence-electron chi connectivity index (χ1n) is 3.82. The highest BCUT2D eigenvalue weighted by Gasteiger charge is 2.18. The van der Waals surface area contributed by atoms with Crippen molar-refractivity contribution in [2.24, 2.45) is 5.92 Å². The Bertz CT molecular complexity index is 189. The van der Waals surface area contributed by atoms with Crippen molar-refractivity contribution in [1.29, 1.82) is 0 Å². The summed E-state index contributed by atoms with van der Waals surface area (Å²) in [6.45, 7) is 0. The molecule has 0 spiro atoms. The third-order valence-electron chi connectivity index (χ3n) is 2.21. The summed E-state index contributed by atoms with van der Waals surface area (Å²) in [5.74, 6) is 0.894. The van der Waals surface area contributed by atoms with Gasteiger partial charge in [0.2, 0.25) is 0 Å². The zero-order chi connectivity index (χ0) is 6.81. The van der Waals surface area contributed by atoms with Gasteiger partial charge in [-0.2, -0.15) is 0 Å². The summed E-state index contributed by atoms with van der Waals surface area (Å²) in [6.07, 6.45) is 8.55. The second-order valence-corrected chi connectivity index (χ2v) is 2.98. The van der Waals surface area contributed by atoms with Crippen molar-refractivity contribution in [3.8, 4) is 0 Å². The van der Waals surface area contributed by atoms with Gasteiger partial charge in [-0.1, -0.05) is 19.3 Å². The molecule has 1 aliphatic carbocycles. The van der Waals surface area contributed by atoms with E-state index in [0.717, 1.165) is 18.0 Å². The maximum atomic E-state index is 4.87. The molecule has 0 radical (unpaired) electrons. The summed E-state index contributed by atoms with van der Waals surface area (Å²) in [5.41, 5.74) is 1.12. The highest BCUT2D eigenvalue weighted by atomic mass is 16.3. The van der Waals surface area contributed by atoms with E-state index in [9.17, 15) is 0 Å². The number of hydrogen-bond acceptors (Lipinski definition) is 2. The predicted octanol–water partition coefficient (Wildman–Crippen LogP) is 2.02. The van der Waals surface area contributed by atoms with E-state index in [2.05, 4.69) is 4.98 Å². The molecule has 0 aliphatic heterocycles. The summed E-state index contributed by atoms with van der Waals surface area (Å²) in [5, 5.41) is 0. The molecule has 1 aromatic heterocycles. The smallest absolute Gasteiger partial charge is 0.180 e. The van der Waals surface area contributed by atoms with Crippen molar-refractivity contribution in [2.45, 2.75) is 25.7 Å². The number of nitrogens with zero attached hydrogens (tertiary/aromatic N) is 1. The Kier molecular flexibility index (Phi) is 1.46. The van der Waals surface area contributed by atoms with Gasteiger partial charge in [-0.15, -0.1) is 0 Å². The summed E-state index contributed by atoms with van der Waals surface area (Å²) in [4.78, 5) is 4.07. The van der Waals surface area contributed by atoms with Gasteiger partial charge >= 0.3 is 0 Å². The van der Waals surface area contributed by atoms with Crippen LogP contribution in [0.5, 0.6) is 0 Å². The lowest BCUT2D eigenvalue weighted by molar-refractivity contribution is 0.312. The molecule has 0 aromatic carbocycles. The molecule has 2 heteroatoms. The van der Waals surface area contributed by atoms with Crippen molar-refractivity contribution in [3.05, 3.63) is 18.4 Å². The van der Waals surface area contributed by atoms with Gasteiger partial charge in [0.05, 0.1) is 5.69 Å². The summed E-state index contributed by atoms with van der Waals surface area (Å²) in [6, 6.07) is 0. The molecule has 1 aliphatic rings.